The number of furan rings is 1. The summed E-state index contributed by atoms with van der Waals surface area (Å²) in [5, 5.41) is 8.21. The molecule has 5 heteroatoms. The van der Waals surface area contributed by atoms with Gasteiger partial charge in [0.25, 0.3) is 0 Å². The van der Waals surface area contributed by atoms with E-state index in [4.69, 9.17) is 9.40 Å². The molecule has 0 amide bonds. The Morgan fingerprint density at radius 2 is 1.19 bits per heavy atom. The van der Waals surface area contributed by atoms with Gasteiger partial charge < -0.3 is 8.98 Å². The first kappa shape index (κ1) is 22.7. The summed E-state index contributed by atoms with van der Waals surface area (Å²) in [5.41, 5.74) is 7.34. The molecule has 4 aromatic heterocycles. The first-order valence-corrected chi connectivity index (χ1v) is 15.6. The number of thiophene rings is 1. The Labute approximate surface area is 247 Å². The maximum Gasteiger partial charge on any atom is 0.147 e. The normalized spacial score (nSPS) is 12.3. The monoisotopic (exact) mass is 572 g/mol. The van der Waals surface area contributed by atoms with Crippen molar-refractivity contribution >= 4 is 96.8 Å². The highest BCUT2D eigenvalue weighted by Crippen LogP contribution is 2.45. The lowest BCUT2D eigenvalue weighted by atomic mass is 10.1. The number of fused-ring (bicyclic) bond motifs is 11. The van der Waals surface area contributed by atoms with Crippen molar-refractivity contribution < 1.29 is 4.42 Å². The SMILES string of the molecule is c1ccc2c(c1)oc1c(-c3nc4c(ccc5sc6ccccc6c54)s3)ccc(-n3c4ccccc4c4ccccc43)c12. The number of hydrogen-bond acceptors (Lipinski definition) is 4. The van der Waals surface area contributed by atoms with E-state index in [2.05, 4.69) is 120 Å². The van der Waals surface area contributed by atoms with E-state index in [0.717, 1.165) is 43.7 Å². The summed E-state index contributed by atoms with van der Waals surface area (Å²) in [6, 6.07) is 43.2. The minimum absolute atomic E-state index is 0.876. The van der Waals surface area contributed by atoms with Crippen molar-refractivity contribution in [3.05, 3.63) is 121 Å². The largest absolute Gasteiger partial charge is 0.455 e. The van der Waals surface area contributed by atoms with Crippen LogP contribution in [0.15, 0.2) is 126 Å². The number of aromatic nitrogens is 2. The quantitative estimate of drug-likeness (QED) is 0.206. The lowest BCUT2D eigenvalue weighted by Gasteiger charge is -2.11. The Morgan fingerprint density at radius 1 is 0.524 bits per heavy atom. The van der Waals surface area contributed by atoms with Crippen molar-refractivity contribution in [2.24, 2.45) is 0 Å². The predicted octanol–water partition coefficient (Wildman–Crippen LogP) is 11.3. The van der Waals surface area contributed by atoms with Crippen LogP contribution in [0.3, 0.4) is 0 Å². The van der Waals surface area contributed by atoms with Gasteiger partial charge in [0.05, 0.1) is 37.9 Å². The van der Waals surface area contributed by atoms with Crippen LogP contribution in [-0.4, -0.2) is 9.55 Å². The van der Waals surface area contributed by atoms with Gasteiger partial charge in [-0.1, -0.05) is 72.8 Å². The molecule has 196 valence electrons. The third kappa shape index (κ3) is 2.96. The lowest BCUT2D eigenvalue weighted by molar-refractivity contribution is 0.670. The second-order valence-corrected chi connectivity index (χ2v) is 12.8. The first-order valence-electron chi connectivity index (χ1n) is 14.0. The van der Waals surface area contributed by atoms with Gasteiger partial charge in [0.2, 0.25) is 0 Å². The first-order chi connectivity index (χ1) is 20.8. The molecule has 0 spiro atoms. The van der Waals surface area contributed by atoms with E-state index in [1.807, 2.05) is 17.4 Å². The third-order valence-electron chi connectivity index (χ3n) is 8.45. The summed E-state index contributed by atoms with van der Waals surface area (Å²) in [6.07, 6.45) is 0. The number of rotatable bonds is 2. The Balaban J connectivity index is 1.31. The second-order valence-electron chi connectivity index (χ2n) is 10.7. The highest BCUT2D eigenvalue weighted by atomic mass is 32.1. The van der Waals surface area contributed by atoms with E-state index >= 15 is 0 Å². The van der Waals surface area contributed by atoms with Crippen molar-refractivity contribution in [3.8, 4) is 16.3 Å². The molecule has 0 fully saturated rings. The van der Waals surface area contributed by atoms with Gasteiger partial charge in [-0.05, 0) is 48.5 Å². The standard InChI is InChI=1S/C37H20N2OS2/c1-5-13-26-21(9-1)22-10-2-6-14-27(22)39(26)28-18-17-25(36-33(28)23-11-3-7-15-29(23)40-36)37-38-35-32(42-37)20-19-31-34(35)24-12-4-8-16-30(24)41-31/h1-20H. The Bertz CT molecular complexity index is 2650. The third-order valence-corrected chi connectivity index (χ3v) is 10.6. The number of para-hydroxylation sites is 3. The fraction of sp³-hybridized carbons (Fsp3) is 0. The maximum atomic E-state index is 6.69. The van der Waals surface area contributed by atoms with E-state index in [0.29, 0.717) is 0 Å². The summed E-state index contributed by atoms with van der Waals surface area (Å²) in [6.45, 7) is 0. The van der Waals surface area contributed by atoms with Crippen LogP contribution < -0.4 is 0 Å². The average molecular weight is 573 g/mol. The van der Waals surface area contributed by atoms with Crippen molar-refractivity contribution in [3.63, 3.8) is 0 Å². The molecule has 0 bridgehead atoms. The van der Waals surface area contributed by atoms with Gasteiger partial charge in [0.15, 0.2) is 0 Å². The molecule has 0 aliphatic rings. The second kappa shape index (κ2) is 8.29. The summed E-state index contributed by atoms with van der Waals surface area (Å²) < 4.78 is 12.8. The molecule has 0 saturated carbocycles. The molecule has 6 aromatic carbocycles. The molecule has 0 saturated heterocycles. The minimum atomic E-state index is 0.876. The van der Waals surface area contributed by atoms with Crippen LogP contribution in [0, 0.1) is 0 Å². The Hall–Kier alpha value is -4.97. The van der Waals surface area contributed by atoms with E-state index in [-0.39, 0.29) is 0 Å². The smallest absolute Gasteiger partial charge is 0.147 e. The summed E-state index contributed by atoms with van der Waals surface area (Å²) in [5.74, 6) is 0. The fourth-order valence-corrected chi connectivity index (χ4v) is 8.77. The van der Waals surface area contributed by atoms with Crippen LogP contribution in [0.25, 0.3) is 90.4 Å². The number of hydrogen-bond donors (Lipinski definition) is 0. The highest BCUT2D eigenvalue weighted by molar-refractivity contribution is 7.26. The average Bonchev–Trinajstić information content (AvgIpc) is 3.80. The van der Waals surface area contributed by atoms with Crippen LogP contribution in [0.4, 0.5) is 0 Å². The molecule has 4 heterocycles. The predicted molar refractivity (Wildman–Crippen MR) is 180 cm³/mol. The van der Waals surface area contributed by atoms with Gasteiger partial charge in [-0.2, -0.15) is 0 Å². The van der Waals surface area contributed by atoms with E-state index in [9.17, 15) is 0 Å². The molecule has 10 aromatic rings. The van der Waals surface area contributed by atoms with Crippen LogP contribution in [0.1, 0.15) is 0 Å². The van der Waals surface area contributed by atoms with Crippen LogP contribution in [-0.2, 0) is 0 Å². The van der Waals surface area contributed by atoms with Gasteiger partial charge in [-0.15, -0.1) is 22.7 Å². The topological polar surface area (TPSA) is 31.0 Å². The lowest BCUT2D eigenvalue weighted by Crippen LogP contribution is -1.95. The van der Waals surface area contributed by atoms with Gasteiger partial charge in [-0.3, -0.25) is 0 Å². The molecule has 0 atom stereocenters. The number of benzene rings is 6. The van der Waals surface area contributed by atoms with Crippen LogP contribution in [0.2, 0.25) is 0 Å². The molecule has 0 aliphatic heterocycles. The van der Waals surface area contributed by atoms with Crippen molar-refractivity contribution in [1.29, 1.82) is 0 Å². The zero-order valence-electron chi connectivity index (χ0n) is 22.2. The molecule has 3 nitrogen and oxygen atoms in total. The number of thiazole rings is 1. The molecular formula is C37H20N2OS2. The molecule has 10 rings (SSSR count). The molecule has 0 N–H and O–H groups in total. The molecule has 0 unspecified atom stereocenters. The van der Waals surface area contributed by atoms with Gasteiger partial charge in [0, 0.05) is 36.3 Å². The molecule has 0 aliphatic carbocycles. The van der Waals surface area contributed by atoms with E-state index in [1.54, 1.807) is 11.3 Å². The van der Waals surface area contributed by atoms with Crippen LogP contribution in [0.5, 0.6) is 0 Å². The number of nitrogens with zero attached hydrogens (tertiary/aromatic N) is 2. The van der Waals surface area contributed by atoms with Crippen molar-refractivity contribution in [2.45, 2.75) is 0 Å². The van der Waals surface area contributed by atoms with Crippen molar-refractivity contribution in [1.82, 2.24) is 9.55 Å². The summed E-state index contributed by atoms with van der Waals surface area (Å²) >= 11 is 3.57. The van der Waals surface area contributed by atoms with E-state index < -0.39 is 0 Å². The fourth-order valence-electron chi connectivity index (χ4n) is 6.66. The highest BCUT2D eigenvalue weighted by Gasteiger charge is 2.22. The van der Waals surface area contributed by atoms with Gasteiger partial charge >= 0.3 is 0 Å². The van der Waals surface area contributed by atoms with Crippen LogP contribution >= 0.6 is 22.7 Å². The summed E-state index contributed by atoms with van der Waals surface area (Å²) in [7, 11) is 0. The molecule has 42 heavy (non-hydrogen) atoms. The minimum Gasteiger partial charge on any atom is -0.455 e. The van der Waals surface area contributed by atoms with Gasteiger partial charge in [0.1, 0.15) is 16.2 Å². The van der Waals surface area contributed by atoms with Crippen molar-refractivity contribution in [2.75, 3.05) is 0 Å². The zero-order chi connectivity index (χ0) is 27.4. The zero-order valence-corrected chi connectivity index (χ0v) is 23.8. The maximum absolute atomic E-state index is 6.69. The molecular weight excluding hydrogens is 553 g/mol. The van der Waals surface area contributed by atoms with E-state index in [1.165, 1.54) is 46.7 Å². The Morgan fingerprint density at radius 3 is 2.00 bits per heavy atom. The Kier molecular flexibility index (Phi) is 4.48. The van der Waals surface area contributed by atoms with Gasteiger partial charge in [-0.25, -0.2) is 4.98 Å². The molecule has 0 radical (unpaired) electrons. The summed E-state index contributed by atoms with van der Waals surface area (Å²) in [4.78, 5) is 5.30.